The van der Waals surface area contributed by atoms with E-state index in [1.807, 2.05) is 0 Å². The summed E-state index contributed by atoms with van der Waals surface area (Å²) in [5, 5.41) is 10.0. The van der Waals surface area contributed by atoms with Crippen molar-refractivity contribution in [1.29, 1.82) is 0 Å². The Morgan fingerprint density at radius 1 is 1.09 bits per heavy atom. The smallest absolute Gasteiger partial charge is 0.253 e. The van der Waals surface area contributed by atoms with Crippen LogP contribution in [0.25, 0.3) is 11.4 Å². The van der Waals surface area contributed by atoms with E-state index in [1.54, 1.807) is 30.3 Å². The zero-order valence-electron chi connectivity index (χ0n) is 17.9. The van der Waals surface area contributed by atoms with Gasteiger partial charge in [0.05, 0.1) is 10.6 Å². The van der Waals surface area contributed by atoms with Crippen LogP contribution in [0, 0.1) is 5.82 Å². The number of nitrogens with zero attached hydrogens (tertiary/aromatic N) is 2. The number of carbonyl (C=O) groups is 2. The molecule has 0 aliphatic heterocycles. The Kier molecular flexibility index (Phi) is 7.34. The van der Waals surface area contributed by atoms with Crippen LogP contribution in [0.4, 0.5) is 10.1 Å². The number of hydrogen-bond donors (Lipinski definition) is 2. The number of nitrogens with one attached hydrogen (secondary N) is 2. The Labute approximate surface area is 195 Å². The summed E-state index contributed by atoms with van der Waals surface area (Å²) in [4.78, 5) is 29.3. The van der Waals surface area contributed by atoms with Crippen LogP contribution in [0.3, 0.4) is 0 Å². The number of aryl methyl sites for hydroxylation is 1. The minimum absolute atomic E-state index is 0.108. The number of anilines is 1. The van der Waals surface area contributed by atoms with Gasteiger partial charge in [0.1, 0.15) is 5.82 Å². The second-order valence-electron chi connectivity index (χ2n) is 8.07. The maximum atomic E-state index is 13.1. The van der Waals surface area contributed by atoms with Gasteiger partial charge in [-0.25, -0.2) is 4.39 Å². The SMILES string of the molecule is O=C(CCc1nc(-c2ccc(F)cc2)no1)Nc1ccc(Cl)c(C(=O)NC2CCCCC2)c1. The van der Waals surface area contributed by atoms with E-state index in [4.69, 9.17) is 16.1 Å². The normalized spacial score (nSPS) is 14.1. The van der Waals surface area contributed by atoms with Crippen molar-refractivity contribution in [2.24, 2.45) is 0 Å². The summed E-state index contributed by atoms with van der Waals surface area (Å²) in [5.74, 6) is -0.222. The maximum Gasteiger partial charge on any atom is 0.253 e. The van der Waals surface area contributed by atoms with E-state index >= 15 is 0 Å². The molecule has 1 aliphatic rings. The fourth-order valence-corrected chi connectivity index (χ4v) is 4.01. The van der Waals surface area contributed by atoms with Crippen LogP contribution in [-0.2, 0) is 11.2 Å². The minimum atomic E-state index is -0.351. The topological polar surface area (TPSA) is 97.1 Å². The first-order chi connectivity index (χ1) is 16.0. The molecular weight excluding hydrogens is 447 g/mol. The van der Waals surface area contributed by atoms with Gasteiger partial charge in [-0.15, -0.1) is 0 Å². The van der Waals surface area contributed by atoms with Gasteiger partial charge in [0.25, 0.3) is 5.91 Å². The lowest BCUT2D eigenvalue weighted by Gasteiger charge is -2.23. The third kappa shape index (κ3) is 6.16. The molecule has 4 rings (SSSR count). The molecule has 1 fully saturated rings. The molecule has 1 aromatic heterocycles. The second-order valence-corrected chi connectivity index (χ2v) is 8.48. The Morgan fingerprint density at radius 2 is 1.85 bits per heavy atom. The van der Waals surface area contributed by atoms with Crippen LogP contribution in [0.15, 0.2) is 47.0 Å². The van der Waals surface area contributed by atoms with Crippen LogP contribution in [0.1, 0.15) is 54.8 Å². The van der Waals surface area contributed by atoms with Crippen molar-refractivity contribution in [1.82, 2.24) is 15.5 Å². The Morgan fingerprint density at radius 3 is 2.61 bits per heavy atom. The molecule has 2 aromatic carbocycles. The number of benzene rings is 2. The Balaban J connectivity index is 1.32. The standard InChI is InChI=1S/C24H24ClFN4O3/c25-20-11-10-18(14-19(20)24(32)28-17-4-2-1-3-5-17)27-21(31)12-13-22-29-23(30-33-22)15-6-8-16(26)9-7-15/h6-11,14,17H,1-5,12-13H2,(H,27,31)(H,28,32). The number of aromatic nitrogens is 2. The van der Waals surface area contributed by atoms with E-state index in [-0.39, 0.29) is 36.5 Å². The van der Waals surface area contributed by atoms with E-state index in [2.05, 4.69) is 20.8 Å². The van der Waals surface area contributed by atoms with Crippen molar-refractivity contribution in [3.05, 3.63) is 64.8 Å². The molecule has 1 saturated carbocycles. The number of amides is 2. The highest BCUT2D eigenvalue weighted by Gasteiger charge is 2.19. The fourth-order valence-electron chi connectivity index (χ4n) is 3.80. The molecule has 172 valence electrons. The maximum absolute atomic E-state index is 13.1. The highest BCUT2D eigenvalue weighted by atomic mass is 35.5. The summed E-state index contributed by atoms with van der Waals surface area (Å²) in [6.07, 6.45) is 5.71. The summed E-state index contributed by atoms with van der Waals surface area (Å²) in [5.41, 5.74) is 1.44. The molecule has 0 atom stereocenters. The number of rotatable bonds is 7. The van der Waals surface area contributed by atoms with Gasteiger partial charge in [-0.05, 0) is 55.3 Å². The van der Waals surface area contributed by atoms with Crippen LogP contribution in [0.5, 0.6) is 0 Å². The van der Waals surface area contributed by atoms with Gasteiger partial charge in [0.2, 0.25) is 17.6 Å². The van der Waals surface area contributed by atoms with Crippen molar-refractivity contribution >= 4 is 29.1 Å². The highest BCUT2D eigenvalue weighted by molar-refractivity contribution is 6.34. The molecule has 2 N–H and O–H groups in total. The summed E-state index contributed by atoms with van der Waals surface area (Å²) in [7, 11) is 0. The molecule has 0 unspecified atom stereocenters. The van der Waals surface area contributed by atoms with Crippen LogP contribution < -0.4 is 10.6 Å². The van der Waals surface area contributed by atoms with Gasteiger partial charge >= 0.3 is 0 Å². The molecule has 0 bridgehead atoms. The molecule has 9 heteroatoms. The zero-order valence-corrected chi connectivity index (χ0v) is 18.7. The molecule has 1 heterocycles. The average molecular weight is 471 g/mol. The molecular formula is C24H24ClFN4O3. The lowest BCUT2D eigenvalue weighted by Crippen LogP contribution is -2.36. The predicted octanol–water partition coefficient (Wildman–Crippen LogP) is 5.16. The first kappa shape index (κ1) is 22.9. The first-order valence-electron chi connectivity index (χ1n) is 11.0. The lowest BCUT2D eigenvalue weighted by atomic mass is 9.95. The third-order valence-electron chi connectivity index (χ3n) is 5.57. The van der Waals surface area contributed by atoms with Crippen LogP contribution in [-0.4, -0.2) is 28.0 Å². The van der Waals surface area contributed by atoms with E-state index in [9.17, 15) is 14.0 Å². The molecule has 1 aliphatic carbocycles. The van der Waals surface area contributed by atoms with Gasteiger partial charge in [-0.1, -0.05) is 36.0 Å². The van der Waals surface area contributed by atoms with Gasteiger partial charge in [-0.2, -0.15) is 4.98 Å². The summed E-state index contributed by atoms with van der Waals surface area (Å²) < 4.78 is 18.2. The van der Waals surface area contributed by atoms with Crippen molar-refractivity contribution < 1.29 is 18.5 Å². The second kappa shape index (κ2) is 10.6. The van der Waals surface area contributed by atoms with Gasteiger partial charge in [0, 0.05) is 30.1 Å². The largest absolute Gasteiger partial charge is 0.349 e. The van der Waals surface area contributed by atoms with Gasteiger partial charge in [0.15, 0.2) is 0 Å². The Bertz CT molecular complexity index is 1130. The minimum Gasteiger partial charge on any atom is -0.349 e. The van der Waals surface area contributed by atoms with E-state index in [1.165, 1.54) is 18.6 Å². The molecule has 7 nitrogen and oxygen atoms in total. The summed E-state index contributed by atoms with van der Waals surface area (Å²) in [6, 6.07) is 10.7. The third-order valence-corrected chi connectivity index (χ3v) is 5.90. The van der Waals surface area contributed by atoms with Crippen LogP contribution in [0.2, 0.25) is 5.02 Å². The Hall–Kier alpha value is -3.26. The molecule has 0 spiro atoms. The quantitative estimate of drug-likeness (QED) is 0.497. The lowest BCUT2D eigenvalue weighted by molar-refractivity contribution is -0.116. The van der Waals surface area contributed by atoms with E-state index < -0.39 is 0 Å². The molecule has 0 radical (unpaired) electrons. The summed E-state index contributed by atoms with van der Waals surface area (Å²) in [6.45, 7) is 0. The summed E-state index contributed by atoms with van der Waals surface area (Å²) >= 11 is 6.23. The van der Waals surface area contributed by atoms with E-state index in [0.717, 1.165) is 25.7 Å². The van der Waals surface area contributed by atoms with Gasteiger partial charge < -0.3 is 15.2 Å². The van der Waals surface area contributed by atoms with Crippen molar-refractivity contribution in [3.8, 4) is 11.4 Å². The first-order valence-corrected chi connectivity index (χ1v) is 11.3. The zero-order chi connectivity index (χ0) is 23.2. The van der Waals surface area contributed by atoms with Crippen molar-refractivity contribution in [2.45, 2.75) is 51.0 Å². The predicted molar refractivity (Wildman–Crippen MR) is 122 cm³/mol. The molecule has 33 heavy (non-hydrogen) atoms. The fraction of sp³-hybridized carbons (Fsp3) is 0.333. The molecule has 0 saturated heterocycles. The van der Waals surface area contributed by atoms with Crippen molar-refractivity contribution in [2.75, 3.05) is 5.32 Å². The van der Waals surface area contributed by atoms with Gasteiger partial charge in [-0.3, -0.25) is 9.59 Å². The number of hydrogen-bond acceptors (Lipinski definition) is 5. The monoisotopic (exact) mass is 470 g/mol. The molecule has 2 amide bonds. The number of carbonyl (C=O) groups excluding carboxylic acids is 2. The highest BCUT2D eigenvalue weighted by Crippen LogP contribution is 2.23. The molecule has 3 aromatic rings. The van der Waals surface area contributed by atoms with Crippen LogP contribution >= 0.6 is 11.6 Å². The average Bonchev–Trinajstić information content (AvgIpc) is 3.29. The van der Waals surface area contributed by atoms with Crippen molar-refractivity contribution in [3.63, 3.8) is 0 Å². The number of halogens is 2. The van der Waals surface area contributed by atoms with E-state index in [0.29, 0.717) is 33.6 Å².